The van der Waals surface area contributed by atoms with E-state index in [2.05, 4.69) is 13.0 Å². The topological polar surface area (TPSA) is 34.1 Å². The van der Waals surface area contributed by atoms with Crippen molar-refractivity contribution in [3.8, 4) is 0 Å². The lowest BCUT2D eigenvalue weighted by Crippen LogP contribution is -2.30. The Morgan fingerprint density at radius 2 is 2.12 bits per heavy atom. The van der Waals surface area contributed by atoms with Gasteiger partial charge in [-0.2, -0.15) is 0 Å². The van der Waals surface area contributed by atoms with Crippen LogP contribution in [0.25, 0.3) is 0 Å². The summed E-state index contributed by atoms with van der Waals surface area (Å²) in [6.07, 6.45) is 7.81. The molecule has 0 aromatic rings. The van der Waals surface area contributed by atoms with Gasteiger partial charge in [0, 0.05) is 12.3 Å². The largest absolute Gasteiger partial charge is 0.299 e. The smallest absolute Gasteiger partial charge is 0.146 e. The maximum atomic E-state index is 12.3. The van der Waals surface area contributed by atoms with Crippen LogP contribution in [0.1, 0.15) is 52.4 Å². The molecular weight excluding hydrogens is 212 g/mol. The Morgan fingerprint density at radius 3 is 2.65 bits per heavy atom. The van der Waals surface area contributed by atoms with Crippen molar-refractivity contribution in [2.24, 2.45) is 17.8 Å². The van der Waals surface area contributed by atoms with Gasteiger partial charge >= 0.3 is 0 Å². The predicted octanol–water partition coefficient (Wildman–Crippen LogP) is 3.31. The van der Waals surface area contributed by atoms with Gasteiger partial charge in [-0.05, 0) is 44.9 Å². The summed E-state index contributed by atoms with van der Waals surface area (Å²) in [4.78, 5) is 23.9. The summed E-state index contributed by atoms with van der Waals surface area (Å²) in [5.41, 5.74) is 1.44. The number of carbonyl (C=O) groups excluding carboxylic acids is 2. The van der Waals surface area contributed by atoms with E-state index >= 15 is 0 Å². The number of hydrogen-bond acceptors (Lipinski definition) is 2. The molecule has 1 saturated carbocycles. The molecule has 2 heteroatoms. The summed E-state index contributed by atoms with van der Waals surface area (Å²) in [6, 6.07) is 0. The van der Waals surface area contributed by atoms with E-state index in [1.807, 2.05) is 6.92 Å². The van der Waals surface area contributed by atoms with E-state index in [0.717, 1.165) is 32.1 Å². The maximum Gasteiger partial charge on any atom is 0.146 e. The third-order valence-corrected chi connectivity index (χ3v) is 4.48. The van der Waals surface area contributed by atoms with Gasteiger partial charge in [0.2, 0.25) is 0 Å². The zero-order valence-corrected chi connectivity index (χ0v) is 10.9. The van der Waals surface area contributed by atoms with Crippen molar-refractivity contribution >= 4 is 11.6 Å². The number of Topliss-reactive ketones (excluding diaryl/α,β-unsaturated/α-hetero) is 2. The molecule has 2 aliphatic carbocycles. The Morgan fingerprint density at radius 1 is 1.35 bits per heavy atom. The second kappa shape index (κ2) is 5.16. The minimum Gasteiger partial charge on any atom is -0.299 e. The zero-order chi connectivity index (χ0) is 12.4. The van der Waals surface area contributed by atoms with E-state index in [-0.39, 0.29) is 23.4 Å². The molecule has 3 atom stereocenters. The molecule has 0 spiro atoms. The van der Waals surface area contributed by atoms with Crippen molar-refractivity contribution in [2.75, 3.05) is 0 Å². The molecule has 1 fully saturated rings. The second-order valence-corrected chi connectivity index (χ2v) is 5.69. The molecule has 3 unspecified atom stereocenters. The zero-order valence-electron chi connectivity index (χ0n) is 10.9. The molecule has 0 amide bonds. The summed E-state index contributed by atoms with van der Waals surface area (Å²) >= 11 is 0. The minimum absolute atomic E-state index is 0.0615. The average Bonchev–Trinajstić information content (AvgIpc) is 2.74. The van der Waals surface area contributed by atoms with Gasteiger partial charge in [0.15, 0.2) is 0 Å². The van der Waals surface area contributed by atoms with Crippen LogP contribution in [-0.2, 0) is 9.59 Å². The highest BCUT2D eigenvalue weighted by atomic mass is 16.2. The summed E-state index contributed by atoms with van der Waals surface area (Å²) in [5, 5.41) is 0. The molecule has 2 rings (SSSR count). The second-order valence-electron chi connectivity index (χ2n) is 5.69. The van der Waals surface area contributed by atoms with Gasteiger partial charge in [-0.15, -0.1) is 0 Å². The molecule has 0 aliphatic heterocycles. The van der Waals surface area contributed by atoms with Crippen molar-refractivity contribution < 1.29 is 9.59 Å². The Balaban J connectivity index is 1.97. The Kier molecular flexibility index (Phi) is 3.80. The summed E-state index contributed by atoms with van der Waals surface area (Å²) in [5.74, 6) is 0.651. The lowest BCUT2D eigenvalue weighted by molar-refractivity contribution is -0.134. The Labute approximate surface area is 103 Å². The molecule has 0 aromatic heterocycles. The molecule has 0 saturated heterocycles. The van der Waals surface area contributed by atoms with Crippen LogP contribution >= 0.6 is 0 Å². The minimum atomic E-state index is -0.267. The van der Waals surface area contributed by atoms with Crippen LogP contribution < -0.4 is 0 Å². The van der Waals surface area contributed by atoms with Gasteiger partial charge < -0.3 is 0 Å². The highest BCUT2D eigenvalue weighted by Gasteiger charge is 2.36. The Bertz CT molecular complexity index is 354. The lowest BCUT2D eigenvalue weighted by atomic mass is 9.77. The highest BCUT2D eigenvalue weighted by molar-refractivity contribution is 6.04. The summed E-state index contributed by atoms with van der Waals surface area (Å²) < 4.78 is 0. The standard InChI is InChI=1S/C15H22O2/c1-10-6-8-12(9-7-10)11(2)15(17)13-4-3-5-14(13)16/h6,11-13H,3-5,7-9H2,1-2H3. The fourth-order valence-electron chi connectivity index (χ4n) is 3.11. The molecule has 0 bridgehead atoms. The molecule has 0 aromatic carbocycles. The van der Waals surface area contributed by atoms with E-state index in [0.29, 0.717) is 12.3 Å². The number of ketones is 2. The van der Waals surface area contributed by atoms with Crippen LogP contribution in [0.4, 0.5) is 0 Å². The predicted molar refractivity (Wildman–Crippen MR) is 67.6 cm³/mol. The van der Waals surface area contributed by atoms with Crippen molar-refractivity contribution in [1.29, 1.82) is 0 Å². The quantitative estimate of drug-likeness (QED) is 0.554. The van der Waals surface area contributed by atoms with E-state index in [1.165, 1.54) is 5.57 Å². The molecule has 0 heterocycles. The Hall–Kier alpha value is -0.920. The number of carbonyl (C=O) groups is 2. The maximum absolute atomic E-state index is 12.3. The van der Waals surface area contributed by atoms with Gasteiger partial charge in [-0.1, -0.05) is 18.6 Å². The van der Waals surface area contributed by atoms with Crippen molar-refractivity contribution in [1.82, 2.24) is 0 Å². The molecular formula is C15H22O2. The van der Waals surface area contributed by atoms with E-state index in [4.69, 9.17) is 0 Å². The van der Waals surface area contributed by atoms with E-state index in [1.54, 1.807) is 0 Å². The summed E-state index contributed by atoms with van der Waals surface area (Å²) in [6.45, 7) is 4.18. The molecule has 2 aliphatic rings. The monoisotopic (exact) mass is 234 g/mol. The van der Waals surface area contributed by atoms with Crippen LogP contribution in [0.2, 0.25) is 0 Å². The number of allylic oxidation sites excluding steroid dienone is 2. The van der Waals surface area contributed by atoms with E-state index < -0.39 is 0 Å². The van der Waals surface area contributed by atoms with Gasteiger partial charge in [0.1, 0.15) is 11.6 Å². The number of rotatable bonds is 3. The van der Waals surface area contributed by atoms with Crippen LogP contribution in [0, 0.1) is 17.8 Å². The average molecular weight is 234 g/mol. The first-order valence-corrected chi connectivity index (χ1v) is 6.81. The van der Waals surface area contributed by atoms with Gasteiger partial charge in [-0.25, -0.2) is 0 Å². The molecule has 94 valence electrons. The van der Waals surface area contributed by atoms with Gasteiger partial charge in [0.25, 0.3) is 0 Å². The van der Waals surface area contributed by atoms with Crippen molar-refractivity contribution in [2.45, 2.75) is 52.4 Å². The first kappa shape index (κ1) is 12.5. The third kappa shape index (κ3) is 2.67. The fraction of sp³-hybridized carbons (Fsp3) is 0.733. The highest BCUT2D eigenvalue weighted by Crippen LogP contribution is 2.33. The van der Waals surface area contributed by atoms with E-state index in [9.17, 15) is 9.59 Å². The third-order valence-electron chi connectivity index (χ3n) is 4.48. The fourth-order valence-corrected chi connectivity index (χ4v) is 3.11. The van der Waals surface area contributed by atoms with Crippen LogP contribution in [0.5, 0.6) is 0 Å². The molecule has 17 heavy (non-hydrogen) atoms. The van der Waals surface area contributed by atoms with Crippen LogP contribution in [0.3, 0.4) is 0 Å². The first-order valence-electron chi connectivity index (χ1n) is 6.81. The molecule has 2 nitrogen and oxygen atoms in total. The van der Waals surface area contributed by atoms with Crippen LogP contribution in [0.15, 0.2) is 11.6 Å². The van der Waals surface area contributed by atoms with Crippen LogP contribution in [-0.4, -0.2) is 11.6 Å². The summed E-state index contributed by atoms with van der Waals surface area (Å²) in [7, 11) is 0. The van der Waals surface area contributed by atoms with Gasteiger partial charge in [0.05, 0.1) is 5.92 Å². The van der Waals surface area contributed by atoms with Crippen molar-refractivity contribution in [3.05, 3.63) is 11.6 Å². The van der Waals surface area contributed by atoms with Gasteiger partial charge in [-0.3, -0.25) is 9.59 Å². The van der Waals surface area contributed by atoms with Crippen molar-refractivity contribution in [3.63, 3.8) is 0 Å². The molecule has 0 N–H and O–H groups in total. The first-order chi connectivity index (χ1) is 8.09. The normalized spacial score (nSPS) is 31.2. The molecule has 0 radical (unpaired) electrons. The lowest BCUT2D eigenvalue weighted by Gasteiger charge is -2.27. The number of hydrogen-bond donors (Lipinski definition) is 0. The SMILES string of the molecule is CC1=CCC(C(C)C(=O)C2CCCC2=O)CC1.